The van der Waals surface area contributed by atoms with Gasteiger partial charge < -0.3 is 0 Å². The van der Waals surface area contributed by atoms with Gasteiger partial charge in [-0.1, -0.05) is 44.0 Å². The first-order valence-electron chi connectivity index (χ1n) is 5.56. The molecule has 0 N–H and O–H groups in total. The first-order valence-corrected chi connectivity index (χ1v) is 7.14. The molecule has 0 heterocycles. The van der Waals surface area contributed by atoms with E-state index in [1.807, 2.05) is 50.2 Å². The Morgan fingerprint density at radius 3 is 1.61 bits per heavy atom. The number of hydrogen-bond donors (Lipinski definition) is 0. The third-order valence-electron chi connectivity index (χ3n) is 2.89. The third kappa shape index (κ3) is 2.73. The molecule has 2 aromatic carbocycles. The van der Waals surface area contributed by atoms with Gasteiger partial charge >= 0.3 is 0 Å². The smallest absolute Gasteiger partial charge is 0.193 e. The maximum absolute atomic E-state index is 12.6. The van der Waals surface area contributed by atoms with Crippen LogP contribution in [0.3, 0.4) is 0 Å². The van der Waals surface area contributed by atoms with Crippen LogP contribution in [0.25, 0.3) is 0 Å². The van der Waals surface area contributed by atoms with Crippen molar-refractivity contribution in [1.29, 1.82) is 0 Å². The average Bonchev–Trinajstić information content (AvgIpc) is 2.34. The van der Waals surface area contributed by atoms with E-state index in [1.165, 1.54) is 0 Å². The van der Waals surface area contributed by atoms with Gasteiger partial charge in [0.2, 0.25) is 0 Å². The lowest BCUT2D eigenvalue weighted by Gasteiger charge is -2.08. The zero-order valence-corrected chi connectivity index (χ0v) is 13.3. The van der Waals surface area contributed by atoms with Gasteiger partial charge in [0.1, 0.15) is 0 Å². The van der Waals surface area contributed by atoms with Crippen LogP contribution in [0.4, 0.5) is 0 Å². The molecule has 1 nitrogen and oxygen atoms in total. The molecule has 18 heavy (non-hydrogen) atoms. The van der Waals surface area contributed by atoms with E-state index in [1.54, 1.807) is 0 Å². The Morgan fingerprint density at radius 1 is 0.833 bits per heavy atom. The van der Waals surface area contributed by atoms with E-state index in [-0.39, 0.29) is 5.78 Å². The fourth-order valence-corrected chi connectivity index (χ4v) is 2.54. The molecule has 0 bridgehead atoms. The number of carbonyl (C=O) groups excluding carboxylic acids is 1. The normalized spacial score (nSPS) is 10.4. The molecular formula is C15H12Br2O. The van der Waals surface area contributed by atoms with Crippen LogP contribution < -0.4 is 0 Å². The molecule has 0 saturated heterocycles. The summed E-state index contributed by atoms with van der Waals surface area (Å²) in [6, 6.07) is 11.5. The number of halogens is 2. The topological polar surface area (TPSA) is 17.1 Å². The zero-order chi connectivity index (χ0) is 13.3. The van der Waals surface area contributed by atoms with Gasteiger partial charge in [-0.15, -0.1) is 0 Å². The van der Waals surface area contributed by atoms with E-state index in [0.717, 1.165) is 31.2 Å². The second kappa shape index (κ2) is 5.37. The summed E-state index contributed by atoms with van der Waals surface area (Å²) < 4.78 is 1.84. The van der Waals surface area contributed by atoms with Crippen molar-refractivity contribution in [2.45, 2.75) is 13.8 Å². The predicted molar refractivity (Wildman–Crippen MR) is 81.2 cm³/mol. The van der Waals surface area contributed by atoms with Crippen molar-refractivity contribution in [3.8, 4) is 0 Å². The predicted octanol–water partition coefficient (Wildman–Crippen LogP) is 5.06. The second-order valence-electron chi connectivity index (χ2n) is 4.25. The molecule has 0 amide bonds. The maximum Gasteiger partial charge on any atom is 0.193 e. The van der Waals surface area contributed by atoms with Gasteiger partial charge in [-0.05, 0) is 49.2 Å². The van der Waals surface area contributed by atoms with Crippen LogP contribution >= 0.6 is 31.9 Å². The van der Waals surface area contributed by atoms with Gasteiger partial charge in [-0.25, -0.2) is 0 Å². The minimum atomic E-state index is 0.0626. The van der Waals surface area contributed by atoms with Crippen LogP contribution in [0.2, 0.25) is 0 Å². The van der Waals surface area contributed by atoms with Crippen LogP contribution in [-0.4, -0.2) is 5.78 Å². The Hall–Kier alpha value is -0.930. The lowest BCUT2D eigenvalue weighted by atomic mass is 9.96. The standard InChI is InChI=1S/C15H12Br2O/c1-9-3-5-11(16)7-13(9)15(18)14-8-12(17)6-4-10(14)2/h3-8H,1-2H3. The maximum atomic E-state index is 12.6. The van der Waals surface area contributed by atoms with Gasteiger partial charge in [0, 0.05) is 20.1 Å². The number of benzene rings is 2. The SMILES string of the molecule is Cc1ccc(Br)cc1C(=O)c1cc(Br)ccc1C. The molecule has 0 aliphatic carbocycles. The summed E-state index contributed by atoms with van der Waals surface area (Å²) in [6.07, 6.45) is 0. The summed E-state index contributed by atoms with van der Waals surface area (Å²) in [5.41, 5.74) is 3.46. The van der Waals surface area contributed by atoms with Crippen molar-refractivity contribution in [3.05, 3.63) is 67.6 Å². The Bertz CT molecular complexity index is 564. The third-order valence-corrected chi connectivity index (χ3v) is 3.87. The molecule has 0 atom stereocenters. The summed E-state index contributed by atoms with van der Waals surface area (Å²) in [5, 5.41) is 0. The van der Waals surface area contributed by atoms with Crippen LogP contribution in [0, 0.1) is 13.8 Å². The Morgan fingerprint density at radius 2 is 1.22 bits per heavy atom. The summed E-state index contributed by atoms with van der Waals surface area (Å²) in [4.78, 5) is 12.6. The quantitative estimate of drug-likeness (QED) is 0.678. The van der Waals surface area contributed by atoms with Crippen molar-refractivity contribution < 1.29 is 4.79 Å². The molecule has 0 radical (unpaired) electrons. The molecule has 0 saturated carbocycles. The molecule has 3 heteroatoms. The molecule has 2 rings (SSSR count). The van der Waals surface area contributed by atoms with E-state index in [4.69, 9.17) is 0 Å². The van der Waals surface area contributed by atoms with Crippen molar-refractivity contribution in [2.24, 2.45) is 0 Å². The van der Waals surface area contributed by atoms with Crippen LogP contribution in [-0.2, 0) is 0 Å². The first-order chi connectivity index (χ1) is 8.49. The lowest BCUT2D eigenvalue weighted by Crippen LogP contribution is -2.05. The summed E-state index contributed by atoms with van der Waals surface area (Å²) in [5.74, 6) is 0.0626. The van der Waals surface area contributed by atoms with Crippen molar-refractivity contribution in [1.82, 2.24) is 0 Å². The Labute approximate surface area is 123 Å². The van der Waals surface area contributed by atoms with Crippen molar-refractivity contribution in [2.75, 3.05) is 0 Å². The molecule has 0 aliphatic heterocycles. The van der Waals surface area contributed by atoms with E-state index in [9.17, 15) is 4.79 Å². The molecular weight excluding hydrogens is 356 g/mol. The summed E-state index contributed by atoms with van der Waals surface area (Å²) in [7, 11) is 0. The summed E-state index contributed by atoms with van der Waals surface area (Å²) in [6.45, 7) is 3.90. The monoisotopic (exact) mass is 366 g/mol. The minimum Gasteiger partial charge on any atom is -0.289 e. The van der Waals surface area contributed by atoms with Crippen LogP contribution in [0.15, 0.2) is 45.3 Å². The molecule has 0 spiro atoms. The Balaban J connectivity index is 2.54. The van der Waals surface area contributed by atoms with Crippen LogP contribution in [0.1, 0.15) is 27.0 Å². The van der Waals surface area contributed by atoms with Gasteiger partial charge in [-0.3, -0.25) is 4.79 Å². The molecule has 2 aromatic rings. The van der Waals surface area contributed by atoms with E-state index in [0.29, 0.717) is 0 Å². The fourth-order valence-electron chi connectivity index (χ4n) is 1.82. The van der Waals surface area contributed by atoms with Gasteiger partial charge in [0.05, 0.1) is 0 Å². The van der Waals surface area contributed by atoms with E-state index >= 15 is 0 Å². The first kappa shape index (κ1) is 13.5. The largest absolute Gasteiger partial charge is 0.289 e. The van der Waals surface area contributed by atoms with E-state index in [2.05, 4.69) is 31.9 Å². The van der Waals surface area contributed by atoms with Crippen molar-refractivity contribution in [3.63, 3.8) is 0 Å². The second-order valence-corrected chi connectivity index (χ2v) is 6.08. The minimum absolute atomic E-state index is 0.0626. The number of rotatable bonds is 2. The highest BCUT2D eigenvalue weighted by atomic mass is 79.9. The zero-order valence-electron chi connectivity index (χ0n) is 10.1. The number of aryl methyl sites for hydroxylation is 2. The summed E-state index contributed by atoms with van der Waals surface area (Å²) >= 11 is 6.82. The number of hydrogen-bond acceptors (Lipinski definition) is 1. The highest BCUT2D eigenvalue weighted by Crippen LogP contribution is 2.23. The molecule has 0 fully saturated rings. The molecule has 0 aliphatic rings. The number of carbonyl (C=O) groups is 1. The molecule has 0 unspecified atom stereocenters. The lowest BCUT2D eigenvalue weighted by molar-refractivity contribution is 0.103. The Kier molecular flexibility index (Phi) is 4.03. The van der Waals surface area contributed by atoms with Gasteiger partial charge in [0.15, 0.2) is 5.78 Å². The fraction of sp³-hybridized carbons (Fsp3) is 0.133. The highest BCUT2D eigenvalue weighted by Gasteiger charge is 2.14. The van der Waals surface area contributed by atoms with E-state index < -0.39 is 0 Å². The van der Waals surface area contributed by atoms with Crippen LogP contribution in [0.5, 0.6) is 0 Å². The molecule has 0 aromatic heterocycles. The van der Waals surface area contributed by atoms with Gasteiger partial charge in [0.25, 0.3) is 0 Å². The number of ketones is 1. The van der Waals surface area contributed by atoms with Crippen molar-refractivity contribution >= 4 is 37.6 Å². The average molecular weight is 368 g/mol. The molecule has 92 valence electrons. The van der Waals surface area contributed by atoms with Gasteiger partial charge in [-0.2, -0.15) is 0 Å². The highest BCUT2D eigenvalue weighted by molar-refractivity contribution is 9.10.